The van der Waals surface area contributed by atoms with Gasteiger partial charge in [0, 0.05) is 23.5 Å². The van der Waals surface area contributed by atoms with E-state index in [1.807, 2.05) is 44.2 Å². The standard InChI is InChI=1S/C21H20N2O2S/c1-17(2)13-15-23(26(24,25)19-8-4-3-5-9-19)16-18-12-14-22-21-11-7-6-10-20(18)21/h3-12,14,17H,16H2,1-2H3. The van der Waals surface area contributed by atoms with Crippen LogP contribution in [0, 0.1) is 17.9 Å². The number of hydrogen-bond donors (Lipinski definition) is 0. The topological polar surface area (TPSA) is 50.3 Å². The van der Waals surface area contributed by atoms with E-state index in [2.05, 4.69) is 16.9 Å². The van der Waals surface area contributed by atoms with Gasteiger partial charge in [-0.3, -0.25) is 4.98 Å². The molecule has 26 heavy (non-hydrogen) atoms. The Balaban J connectivity index is 2.07. The molecule has 0 saturated heterocycles. The number of pyridine rings is 1. The predicted octanol–water partition coefficient (Wildman–Crippen LogP) is 4.04. The molecule has 0 aliphatic rings. The largest absolute Gasteiger partial charge is 0.271 e. The lowest BCUT2D eigenvalue weighted by Crippen LogP contribution is -2.26. The molecule has 0 radical (unpaired) electrons. The van der Waals surface area contributed by atoms with Gasteiger partial charge in [0.05, 0.1) is 17.0 Å². The van der Waals surface area contributed by atoms with Crippen molar-refractivity contribution in [1.82, 2.24) is 9.29 Å². The maximum Gasteiger partial charge on any atom is 0.271 e. The number of aromatic nitrogens is 1. The number of para-hydroxylation sites is 1. The number of rotatable bonds is 4. The molecule has 1 heterocycles. The molecule has 0 unspecified atom stereocenters. The lowest BCUT2D eigenvalue weighted by Gasteiger charge is -2.19. The van der Waals surface area contributed by atoms with Gasteiger partial charge in [0.1, 0.15) is 0 Å². The van der Waals surface area contributed by atoms with Gasteiger partial charge >= 0.3 is 0 Å². The second-order valence-electron chi connectivity index (χ2n) is 6.22. The zero-order valence-electron chi connectivity index (χ0n) is 14.8. The van der Waals surface area contributed by atoms with Crippen LogP contribution in [0.2, 0.25) is 0 Å². The fourth-order valence-electron chi connectivity index (χ4n) is 2.55. The third-order valence-corrected chi connectivity index (χ3v) is 5.53. The average Bonchev–Trinajstić information content (AvgIpc) is 2.65. The summed E-state index contributed by atoms with van der Waals surface area (Å²) < 4.78 is 27.4. The fourth-order valence-corrected chi connectivity index (χ4v) is 3.79. The van der Waals surface area contributed by atoms with Gasteiger partial charge in [-0.15, -0.1) is 0 Å². The van der Waals surface area contributed by atoms with E-state index in [9.17, 15) is 8.42 Å². The van der Waals surface area contributed by atoms with Crippen molar-refractivity contribution in [3.05, 3.63) is 72.4 Å². The minimum Gasteiger partial charge on any atom is -0.256 e. The smallest absolute Gasteiger partial charge is 0.256 e. The molecule has 0 aliphatic carbocycles. The Morgan fingerprint density at radius 2 is 1.69 bits per heavy atom. The molecule has 0 bridgehead atoms. The molecule has 0 aliphatic heterocycles. The van der Waals surface area contributed by atoms with Crippen LogP contribution in [0.4, 0.5) is 0 Å². The molecule has 0 atom stereocenters. The van der Waals surface area contributed by atoms with Crippen LogP contribution >= 0.6 is 0 Å². The minimum absolute atomic E-state index is 0.0673. The van der Waals surface area contributed by atoms with E-state index in [0.29, 0.717) is 0 Å². The fraction of sp³-hybridized carbons (Fsp3) is 0.190. The van der Waals surface area contributed by atoms with Gasteiger partial charge in [-0.25, -0.2) is 12.7 Å². The van der Waals surface area contributed by atoms with E-state index >= 15 is 0 Å². The second-order valence-corrected chi connectivity index (χ2v) is 8.09. The molecule has 132 valence electrons. The van der Waals surface area contributed by atoms with Crippen LogP contribution in [0.15, 0.2) is 71.8 Å². The number of benzene rings is 2. The summed E-state index contributed by atoms with van der Waals surface area (Å²) in [6, 6.07) is 20.8. The van der Waals surface area contributed by atoms with Crippen molar-refractivity contribution < 1.29 is 8.42 Å². The molecule has 0 N–H and O–H groups in total. The van der Waals surface area contributed by atoms with Crippen molar-refractivity contribution in [3.63, 3.8) is 0 Å². The monoisotopic (exact) mass is 364 g/mol. The first kappa shape index (κ1) is 18.0. The Labute approximate surface area is 154 Å². The molecule has 2 aromatic carbocycles. The molecule has 5 heteroatoms. The first-order chi connectivity index (χ1) is 12.5. The Hall–Kier alpha value is -2.84. The van der Waals surface area contributed by atoms with Gasteiger partial charge in [-0.05, 0) is 29.8 Å². The summed E-state index contributed by atoms with van der Waals surface area (Å²) in [5.74, 6) is 3.04. The summed E-state index contributed by atoms with van der Waals surface area (Å²) in [5, 5.41) is 0.926. The van der Waals surface area contributed by atoms with Gasteiger partial charge in [0.2, 0.25) is 0 Å². The Morgan fingerprint density at radius 1 is 1.00 bits per heavy atom. The number of sulfonamides is 1. The average molecular weight is 364 g/mol. The van der Waals surface area contributed by atoms with E-state index in [0.717, 1.165) is 16.5 Å². The zero-order valence-corrected chi connectivity index (χ0v) is 15.6. The lowest BCUT2D eigenvalue weighted by molar-refractivity contribution is 0.509. The minimum atomic E-state index is -3.72. The van der Waals surface area contributed by atoms with Crippen molar-refractivity contribution in [3.8, 4) is 12.0 Å². The van der Waals surface area contributed by atoms with Crippen LogP contribution in [0.25, 0.3) is 10.9 Å². The highest BCUT2D eigenvalue weighted by Gasteiger charge is 2.23. The van der Waals surface area contributed by atoms with E-state index < -0.39 is 10.0 Å². The maximum atomic E-state index is 13.1. The van der Waals surface area contributed by atoms with Crippen LogP contribution in [0.3, 0.4) is 0 Å². The quantitative estimate of drug-likeness (QED) is 0.518. The number of nitrogens with zero attached hydrogens (tertiary/aromatic N) is 2. The van der Waals surface area contributed by atoms with Gasteiger partial charge in [0.25, 0.3) is 10.0 Å². The summed E-state index contributed by atoms with van der Waals surface area (Å²) in [7, 11) is -3.72. The normalized spacial score (nSPS) is 11.2. The van der Waals surface area contributed by atoms with Crippen molar-refractivity contribution >= 4 is 20.9 Å². The van der Waals surface area contributed by atoms with E-state index in [1.54, 1.807) is 36.5 Å². The predicted molar refractivity (Wildman–Crippen MR) is 104 cm³/mol. The van der Waals surface area contributed by atoms with E-state index in [-0.39, 0.29) is 17.4 Å². The molecular formula is C21H20N2O2S. The highest BCUT2D eigenvalue weighted by Crippen LogP contribution is 2.22. The summed E-state index contributed by atoms with van der Waals surface area (Å²) in [6.07, 6.45) is 1.70. The van der Waals surface area contributed by atoms with Crippen molar-refractivity contribution in [2.75, 3.05) is 0 Å². The zero-order chi connectivity index (χ0) is 18.6. The van der Waals surface area contributed by atoms with Gasteiger partial charge < -0.3 is 0 Å². The van der Waals surface area contributed by atoms with Crippen molar-refractivity contribution in [2.24, 2.45) is 5.92 Å². The van der Waals surface area contributed by atoms with Crippen molar-refractivity contribution in [1.29, 1.82) is 0 Å². The highest BCUT2D eigenvalue weighted by molar-refractivity contribution is 7.89. The summed E-state index contributed by atoms with van der Waals surface area (Å²) in [5.41, 5.74) is 1.70. The Bertz CT molecular complexity index is 1060. The summed E-state index contributed by atoms with van der Waals surface area (Å²) in [6.45, 7) is 4.03. The highest BCUT2D eigenvalue weighted by atomic mass is 32.2. The Kier molecular flexibility index (Phi) is 5.24. The van der Waals surface area contributed by atoms with E-state index in [4.69, 9.17) is 0 Å². The third kappa shape index (κ3) is 3.87. The lowest BCUT2D eigenvalue weighted by atomic mass is 10.1. The molecule has 4 nitrogen and oxygen atoms in total. The summed E-state index contributed by atoms with van der Waals surface area (Å²) in [4.78, 5) is 4.57. The second kappa shape index (κ2) is 7.59. The molecule has 3 aromatic rings. The molecule has 1 aromatic heterocycles. The third-order valence-electron chi connectivity index (χ3n) is 3.86. The Morgan fingerprint density at radius 3 is 2.42 bits per heavy atom. The molecule has 3 rings (SSSR count). The van der Waals surface area contributed by atoms with Crippen LogP contribution in [-0.2, 0) is 16.6 Å². The molecule has 0 amide bonds. The maximum absolute atomic E-state index is 13.1. The molecule has 0 spiro atoms. The summed E-state index contributed by atoms with van der Waals surface area (Å²) >= 11 is 0. The van der Waals surface area contributed by atoms with Crippen molar-refractivity contribution in [2.45, 2.75) is 25.3 Å². The molecular weight excluding hydrogens is 344 g/mol. The van der Waals surface area contributed by atoms with Gasteiger partial charge in [-0.1, -0.05) is 56.2 Å². The van der Waals surface area contributed by atoms with Crippen LogP contribution in [-0.4, -0.2) is 17.7 Å². The SMILES string of the molecule is CC(C)C#CN(Cc1ccnc2ccccc12)S(=O)(=O)c1ccccc1. The van der Waals surface area contributed by atoms with Crippen LogP contribution in [0.1, 0.15) is 19.4 Å². The van der Waals surface area contributed by atoms with Crippen LogP contribution < -0.4 is 0 Å². The number of hydrogen-bond acceptors (Lipinski definition) is 3. The van der Waals surface area contributed by atoms with E-state index in [1.165, 1.54) is 4.31 Å². The number of fused-ring (bicyclic) bond motifs is 1. The van der Waals surface area contributed by atoms with Gasteiger partial charge in [-0.2, -0.15) is 0 Å². The first-order valence-corrected chi connectivity index (χ1v) is 9.84. The molecule has 0 fully saturated rings. The van der Waals surface area contributed by atoms with Gasteiger partial charge in [0.15, 0.2) is 0 Å². The van der Waals surface area contributed by atoms with Crippen LogP contribution in [0.5, 0.6) is 0 Å². The molecule has 0 saturated carbocycles. The first-order valence-electron chi connectivity index (χ1n) is 8.40.